The Kier molecular flexibility index (Phi) is 4.34. The second kappa shape index (κ2) is 6.00. The van der Waals surface area contributed by atoms with E-state index in [1.165, 1.54) is 0 Å². The van der Waals surface area contributed by atoms with Crippen molar-refractivity contribution in [3.8, 4) is 0 Å². The van der Waals surface area contributed by atoms with E-state index in [0.29, 0.717) is 4.99 Å². The molecule has 106 valence electrons. The highest BCUT2D eigenvalue weighted by molar-refractivity contribution is 7.80. The van der Waals surface area contributed by atoms with Crippen LogP contribution in [0.3, 0.4) is 0 Å². The molecule has 0 saturated heterocycles. The van der Waals surface area contributed by atoms with Gasteiger partial charge in [-0.1, -0.05) is 12.2 Å². The monoisotopic (exact) mass is 289 g/mol. The number of thiocarbonyl (C=S) groups is 1. The van der Waals surface area contributed by atoms with Crippen molar-refractivity contribution in [1.82, 2.24) is 14.8 Å². The van der Waals surface area contributed by atoms with Crippen molar-refractivity contribution in [2.24, 2.45) is 12.8 Å². The molecule has 2 aromatic rings. The molecule has 3 N–H and O–H groups in total. The molecule has 0 fully saturated rings. The van der Waals surface area contributed by atoms with Crippen molar-refractivity contribution < 1.29 is 0 Å². The number of nitrogens with zero attached hydrogens (tertiary/aromatic N) is 3. The van der Waals surface area contributed by atoms with E-state index >= 15 is 0 Å². The Labute approximate surface area is 124 Å². The topological polar surface area (TPSA) is 68.8 Å². The standard InChI is InChI=1S/C14H19N5S/c1-9-8-12(13(14(15)20)10(2)17-9)16-6-4-11-5-7-19(3)18-11/h5,7-8H,4,6H2,1-3H3,(H2,15,20)(H,16,17). The Morgan fingerprint density at radius 2 is 2.20 bits per heavy atom. The van der Waals surface area contributed by atoms with E-state index in [-0.39, 0.29) is 0 Å². The Morgan fingerprint density at radius 1 is 1.45 bits per heavy atom. The summed E-state index contributed by atoms with van der Waals surface area (Å²) in [6.07, 6.45) is 2.79. The molecule has 0 aliphatic rings. The molecule has 2 rings (SSSR count). The minimum absolute atomic E-state index is 0.371. The molecule has 20 heavy (non-hydrogen) atoms. The maximum Gasteiger partial charge on any atom is 0.107 e. The highest BCUT2D eigenvalue weighted by Crippen LogP contribution is 2.19. The molecule has 0 atom stereocenters. The first-order valence-corrected chi connectivity index (χ1v) is 6.88. The van der Waals surface area contributed by atoms with Crippen molar-refractivity contribution in [2.45, 2.75) is 20.3 Å². The van der Waals surface area contributed by atoms with Crippen molar-refractivity contribution in [2.75, 3.05) is 11.9 Å². The number of hydrogen-bond donors (Lipinski definition) is 2. The van der Waals surface area contributed by atoms with E-state index in [9.17, 15) is 0 Å². The summed E-state index contributed by atoms with van der Waals surface area (Å²) < 4.78 is 1.80. The van der Waals surface area contributed by atoms with E-state index < -0.39 is 0 Å². The average molecular weight is 289 g/mol. The van der Waals surface area contributed by atoms with Gasteiger partial charge in [-0.15, -0.1) is 0 Å². The quantitative estimate of drug-likeness (QED) is 0.820. The summed E-state index contributed by atoms with van der Waals surface area (Å²) in [7, 11) is 1.91. The molecule has 0 radical (unpaired) electrons. The average Bonchev–Trinajstić information content (AvgIpc) is 2.73. The van der Waals surface area contributed by atoms with Gasteiger partial charge in [-0.2, -0.15) is 5.10 Å². The van der Waals surface area contributed by atoms with Gasteiger partial charge in [-0.05, 0) is 26.0 Å². The fraction of sp³-hybridized carbons (Fsp3) is 0.357. The highest BCUT2D eigenvalue weighted by Gasteiger charge is 2.10. The predicted octanol–water partition coefficient (Wildman–Crippen LogP) is 1.72. The van der Waals surface area contributed by atoms with Crippen LogP contribution >= 0.6 is 12.2 Å². The minimum Gasteiger partial charge on any atom is -0.389 e. The number of nitrogens with two attached hydrogens (primary N) is 1. The maximum atomic E-state index is 5.79. The van der Waals surface area contributed by atoms with Gasteiger partial charge in [-0.25, -0.2) is 0 Å². The van der Waals surface area contributed by atoms with Gasteiger partial charge in [-0.3, -0.25) is 9.67 Å². The summed E-state index contributed by atoms with van der Waals surface area (Å²) in [5.41, 5.74) is 10.4. The largest absolute Gasteiger partial charge is 0.389 e. The number of anilines is 1. The first-order chi connectivity index (χ1) is 9.47. The zero-order valence-corrected chi connectivity index (χ0v) is 12.8. The summed E-state index contributed by atoms with van der Waals surface area (Å²) in [6, 6.07) is 3.99. The third kappa shape index (κ3) is 3.33. The number of pyridine rings is 1. The SMILES string of the molecule is Cc1cc(NCCc2ccn(C)n2)c(C(N)=S)c(C)n1. The molecule has 0 bridgehead atoms. The lowest BCUT2D eigenvalue weighted by atomic mass is 10.1. The Hall–Kier alpha value is -1.95. The van der Waals surface area contributed by atoms with Crippen LogP contribution in [0.1, 0.15) is 22.6 Å². The van der Waals surface area contributed by atoms with E-state index in [1.807, 2.05) is 39.2 Å². The molecule has 0 unspecified atom stereocenters. The molecule has 2 aromatic heterocycles. The van der Waals surface area contributed by atoms with Crippen molar-refractivity contribution in [3.63, 3.8) is 0 Å². The van der Waals surface area contributed by atoms with E-state index in [4.69, 9.17) is 18.0 Å². The van der Waals surface area contributed by atoms with Crippen LogP contribution in [-0.2, 0) is 13.5 Å². The third-order valence-electron chi connectivity index (χ3n) is 3.04. The van der Waals surface area contributed by atoms with Gasteiger partial charge in [0.1, 0.15) is 4.99 Å². The molecule has 2 heterocycles. The Morgan fingerprint density at radius 3 is 2.80 bits per heavy atom. The third-order valence-corrected chi connectivity index (χ3v) is 3.24. The molecular formula is C14H19N5S. The minimum atomic E-state index is 0.371. The predicted molar refractivity (Wildman–Crippen MR) is 85.0 cm³/mol. The zero-order chi connectivity index (χ0) is 14.7. The van der Waals surface area contributed by atoms with Crippen LogP contribution in [0, 0.1) is 13.8 Å². The fourth-order valence-electron chi connectivity index (χ4n) is 2.20. The molecular weight excluding hydrogens is 270 g/mol. The van der Waals surface area contributed by atoms with Gasteiger partial charge in [0.05, 0.1) is 11.3 Å². The van der Waals surface area contributed by atoms with E-state index in [1.54, 1.807) is 4.68 Å². The van der Waals surface area contributed by atoms with Gasteiger partial charge < -0.3 is 11.1 Å². The van der Waals surface area contributed by atoms with Crippen LogP contribution in [-0.4, -0.2) is 26.3 Å². The summed E-state index contributed by atoms with van der Waals surface area (Å²) in [4.78, 5) is 4.77. The van der Waals surface area contributed by atoms with E-state index in [0.717, 1.165) is 41.3 Å². The molecule has 5 nitrogen and oxygen atoms in total. The van der Waals surface area contributed by atoms with Crippen molar-refractivity contribution >= 4 is 22.9 Å². The summed E-state index contributed by atoms with van der Waals surface area (Å²) in [6.45, 7) is 4.65. The molecule has 0 aromatic carbocycles. The van der Waals surface area contributed by atoms with Gasteiger partial charge in [0.2, 0.25) is 0 Å². The number of nitrogens with one attached hydrogen (secondary N) is 1. The molecule has 0 aliphatic carbocycles. The molecule has 0 saturated carbocycles. The molecule has 6 heteroatoms. The molecule has 0 spiro atoms. The lowest BCUT2D eigenvalue weighted by Gasteiger charge is -2.13. The Bertz CT molecular complexity index is 632. The second-order valence-corrected chi connectivity index (χ2v) is 5.23. The summed E-state index contributed by atoms with van der Waals surface area (Å²) in [5.74, 6) is 0. The lowest BCUT2D eigenvalue weighted by molar-refractivity contribution is 0.742. The van der Waals surface area contributed by atoms with Crippen LogP contribution in [0.15, 0.2) is 18.3 Å². The highest BCUT2D eigenvalue weighted by atomic mass is 32.1. The number of aryl methyl sites for hydroxylation is 3. The normalized spacial score (nSPS) is 10.6. The van der Waals surface area contributed by atoms with Gasteiger partial charge in [0.15, 0.2) is 0 Å². The van der Waals surface area contributed by atoms with Gasteiger partial charge >= 0.3 is 0 Å². The van der Waals surface area contributed by atoms with Crippen LogP contribution in [0.4, 0.5) is 5.69 Å². The number of rotatable bonds is 5. The number of hydrogen-bond acceptors (Lipinski definition) is 4. The smallest absolute Gasteiger partial charge is 0.107 e. The molecule has 0 aliphatic heterocycles. The van der Waals surface area contributed by atoms with Crippen LogP contribution < -0.4 is 11.1 Å². The number of aromatic nitrogens is 3. The van der Waals surface area contributed by atoms with E-state index in [2.05, 4.69) is 15.4 Å². The van der Waals surface area contributed by atoms with Crippen LogP contribution in [0.5, 0.6) is 0 Å². The second-order valence-electron chi connectivity index (χ2n) is 4.79. The van der Waals surface area contributed by atoms with Gasteiger partial charge in [0, 0.05) is 43.3 Å². The lowest BCUT2D eigenvalue weighted by Crippen LogP contribution is -2.17. The van der Waals surface area contributed by atoms with Crippen molar-refractivity contribution in [3.05, 3.63) is 41.0 Å². The Balaban J connectivity index is 2.10. The molecule has 0 amide bonds. The first kappa shape index (κ1) is 14.5. The summed E-state index contributed by atoms with van der Waals surface area (Å²) >= 11 is 5.11. The van der Waals surface area contributed by atoms with Crippen LogP contribution in [0.25, 0.3) is 0 Å². The zero-order valence-electron chi connectivity index (χ0n) is 12.0. The van der Waals surface area contributed by atoms with Crippen molar-refractivity contribution in [1.29, 1.82) is 0 Å². The first-order valence-electron chi connectivity index (χ1n) is 6.48. The maximum absolute atomic E-state index is 5.79. The summed E-state index contributed by atoms with van der Waals surface area (Å²) in [5, 5.41) is 7.73. The van der Waals surface area contributed by atoms with Crippen LogP contribution in [0.2, 0.25) is 0 Å². The van der Waals surface area contributed by atoms with Gasteiger partial charge in [0.25, 0.3) is 0 Å². The fourth-order valence-corrected chi connectivity index (χ4v) is 2.46.